The zero-order chi connectivity index (χ0) is 57.3. The van der Waals surface area contributed by atoms with Gasteiger partial charge in [-0.05, 0) is 61.2 Å². The second-order valence-corrected chi connectivity index (χ2v) is 21.1. The number of esters is 5. The Labute approximate surface area is 458 Å². The summed E-state index contributed by atoms with van der Waals surface area (Å²) in [5.41, 5.74) is -3.92. The molecule has 4 aliphatic rings. The topological polar surface area (TPSA) is 303 Å². The third kappa shape index (κ3) is 12.6. The van der Waals surface area contributed by atoms with Crippen molar-refractivity contribution < 1.29 is 92.2 Å². The molecular formula is C58H72N3O18+. The van der Waals surface area contributed by atoms with E-state index in [-0.39, 0.29) is 73.6 Å². The van der Waals surface area contributed by atoms with Crippen molar-refractivity contribution >= 4 is 47.4 Å². The van der Waals surface area contributed by atoms with Gasteiger partial charge in [0.15, 0.2) is 17.5 Å². The summed E-state index contributed by atoms with van der Waals surface area (Å²) in [7, 11) is 0. The molecule has 3 aromatic rings. The Kier molecular flexibility index (Phi) is 19.3. The molecule has 21 nitrogen and oxygen atoms in total. The van der Waals surface area contributed by atoms with Crippen LogP contribution in [0.15, 0.2) is 102 Å². The average molecular weight is 1100 g/mol. The summed E-state index contributed by atoms with van der Waals surface area (Å²) in [6.07, 6.45) is -11.5. The van der Waals surface area contributed by atoms with Crippen LogP contribution >= 0.6 is 0 Å². The second-order valence-electron chi connectivity index (χ2n) is 21.1. The van der Waals surface area contributed by atoms with E-state index in [1.807, 2.05) is 0 Å². The Hall–Kier alpha value is -6.88. The number of ketones is 1. The number of fused-ring (bicyclic) bond motifs is 5. The fraction of sp³-hybridized carbons (Fsp3) is 0.517. The molecule has 2 unspecified atom stereocenters. The number of hydrogen-bond donors (Lipinski definition) is 5. The SMILES string of the molecule is CC(=O)O[C@H]1C(=O)[C@]2(C)[C@@H](O)CC3OC[C@@]3(OC(C)=O)[C@H]2[C@H](OC(=O)c2ccccc2)[C@]2(O)CC(OC(=O)[C@H](OC(=O)CCCC(=O)NCCOCCOCC[NH3+])[C@@H](NC(=O)c3ccccc3)c3ccccc3)C(C)=C1C2(C)C. The Morgan fingerprint density at radius 2 is 1.42 bits per heavy atom. The number of carbonyl (C=O) groups excluding carboxylic acids is 8. The first-order valence-corrected chi connectivity index (χ1v) is 26.5. The van der Waals surface area contributed by atoms with Gasteiger partial charge in [0.1, 0.15) is 30.0 Å². The zero-order valence-corrected chi connectivity index (χ0v) is 45.4. The first-order valence-electron chi connectivity index (χ1n) is 26.5. The van der Waals surface area contributed by atoms with Gasteiger partial charge >= 0.3 is 29.8 Å². The maximum atomic E-state index is 15.8. The van der Waals surface area contributed by atoms with Crippen LogP contribution in [-0.2, 0) is 66.7 Å². The molecule has 0 aromatic heterocycles. The van der Waals surface area contributed by atoms with Crippen molar-refractivity contribution in [3.63, 3.8) is 0 Å². The van der Waals surface area contributed by atoms with Gasteiger partial charge in [0.2, 0.25) is 12.0 Å². The van der Waals surface area contributed by atoms with Gasteiger partial charge in [0.05, 0.1) is 62.6 Å². The number of benzene rings is 3. The van der Waals surface area contributed by atoms with Crippen molar-refractivity contribution in [3.8, 4) is 0 Å². The molecule has 21 heteroatoms. The summed E-state index contributed by atoms with van der Waals surface area (Å²) in [5, 5.41) is 31.8. The summed E-state index contributed by atoms with van der Waals surface area (Å²) in [6.45, 7) is 10.1. The number of Topliss-reactive ketones (excluding diaryl/α,β-unsaturated/α-hetero) is 1. The van der Waals surface area contributed by atoms with E-state index in [1.54, 1.807) is 92.7 Å². The summed E-state index contributed by atoms with van der Waals surface area (Å²) in [5.74, 6) is -8.49. The third-order valence-corrected chi connectivity index (χ3v) is 15.7. The number of quaternary nitrogens is 1. The van der Waals surface area contributed by atoms with Gasteiger partial charge in [0.25, 0.3) is 5.91 Å². The minimum Gasteiger partial charge on any atom is -0.455 e. The minimum atomic E-state index is -2.49. The first-order chi connectivity index (χ1) is 37.6. The van der Waals surface area contributed by atoms with Gasteiger partial charge in [-0.1, -0.05) is 80.6 Å². The fourth-order valence-corrected chi connectivity index (χ4v) is 11.7. The molecule has 2 amide bonds. The molecule has 7 rings (SSSR count). The molecule has 2 saturated carbocycles. The van der Waals surface area contributed by atoms with Crippen molar-refractivity contribution in [1.29, 1.82) is 0 Å². The molecule has 2 bridgehead atoms. The van der Waals surface area contributed by atoms with E-state index < -0.39 is 119 Å². The number of amides is 2. The van der Waals surface area contributed by atoms with Crippen molar-refractivity contribution in [1.82, 2.24) is 10.6 Å². The number of ether oxygens (including phenoxy) is 8. The largest absolute Gasteiger partial charge is 0.455 e. The standard InChI is InChI=1S/C58H71N3O18/c1-34-40(76-54(70)48(46(37-17-10-7-11-18-37)61-52(68)38-19-12-8-13-20-38)77-44(66)24-16-23-43(65)60-26-28-73-30-29-72-27-25-59)32-58(71)51(78-53(69)39-21-14-9-15-22-39)49-56(6,41(64)31-42-57(49,33-74-42)79-36(3)63)50(67)47(75-35(2)62)45(34)55(58,4)5/h7-15,17-22,40-42,46-49,51,64,71H,16,23-33,59H2,1-6H3,(H,60,65)(H,61,68)/p+1/t40?,41-,42?,46-,47+,48+,49-,51-,56+,57-,58+/m0/s1. The average Bonchev–Trinajstić information content (AvgIpc) is 2.05. The fourth-order valence-electron chi connectivity index (χ4n) is 11.7. The van der Waals surface area contributed by atoms with E-state index in [1.165, 1.54) is 26.0 Å². The Bertz CT molecular complexity index is 2740. The minimum absolute atomic E-state index is 0.0152. The summed E-state index contributed by atoms with van der Waals surface area (Å²) >= 11 is 0. The highest BCUT2D eigenvalue weighted by Gasteiger charge is 2.78. The number of aliphatic hydroxyl groups is 2. The van der Waals surface area contributed by atoms with Crippen LogP contribution in [0.3, 0.4) is 0 Å². The van der Waals surface area contributed by atoms with Gasteiger partial charge in [-0.25, -0.2) is 9.59 Å². The van der Waals surface area contributed by atoms with Crippen LogP contribution < -0.4 is 16.4 Å². The molecular weight excluding hydrogens is 1030 g/mol. The number of aliphatic hydroxyl groups excluding tert-OH is 1. The summed E-state index contributed by atoms with van der Waals surface area (Å²) < 4.78 is 47.7. The van der Waals surface area contributed by atoms with Crippen molar-refractivity contribution in [2.24, 2.45) is 16.7 Å². The van der Waals surface area contributed by atoms with Crippen LogP contribution in [0.2, 0.25) is 0 Å². The molecule has 0 radical (unpaired) electrons. The molecule has 7 N–H and O–H groups in total. The van der Waals surface area contributed by atoms with Crippen LogP contribution in [0, 0.1) is 16.7 Å². The van der Waals surface area contributed by atoms with Crippen LogP contribution in [0.5, 0.6) is 0 Å². The van der Waals surface area contributed by atoms with Crippen LogP contribution in [-0.4, -0.2) is 152 Å². The number of carbonyl (C=O) groups is 8. The predicted octanol–water partition coefficient (Wildman–Crippen LogP) is 2.85. The smallest absolute Gasteiger partial charge is 0.350 e. The third-order valence-electron chi connectivity index (χ3n) is 15.7. The highest BCUT2D eigenvalue weighted by molar-refractivity contribution is 5.96. The highest BCUT2D eigenvalue weighted by Crippen LogP contribution is 2.64. The lowest BCUT2D eigenvalue weighted by Crippen LogP contribution is -2.82. The van der Waals surface area contributed by atoms with E-state index in [9.17, 15) is 39.0 Å². The lowest BCUT2D eigenvalue weighted by molar-refractivity contribution is -0.374. The Morgan fingerprint density at radius 3 is 2.01 bits per heavy atom. The monoisotopic (exact) mass is 1100 g/mol. The Morgan fingerprint density at radius 1 is 0.797 bits per heavy atom. The zero-order valence-electron chi connectivity index (χ0n) is 45.4. The van der Waals surface area contributed by atoms with E-state index in [0.717, 1.165) is 13.8 Å². The molecule has 1 aliphatic heterocycles. The lowest BCUT2D eigenvalue weighted by Gasteiger charge is -2.67. The lowest BCUT2D eigenvalue weighted by atomic mass is 9.44. The molecule has 3 aromatic carbocycles. The first kappa shape index (κ1) is 59.8. The molecule has 11 atom stereocenters. The van der Waals surface area contributed by atoms with Gasteiger partial charge in [0, 0.05) is 57.1 Å². The van der Waals surface area contributed by atoms with Crippen LogP contribution in [0.25, 0.3) is 0 Å². The molecule has 426 valence electrons. The second kappa shape index (κ2) is 25.5. The molecule has 0 spiro atoms. The molecule has 1 saturated heterocycles. The maximum absolute atomic E-state index is 15.8. The van der Waals surface area contributed by atoms with Gasteiger partial charge in [-0.3, -0.25) is 28.8 Å². The molecule has 3 fully saturated rings. The van der Waals surface area contributed by atoms with Crippen LogP contribution in [0.1, 0.15) is 106 Å². The number of rotatable bonds is 23. The quantitative estimate of drug-likeness (QED) is 0.0395. The molecule has 1 heterocycles. The van der Waals surface area contributed by atoms with Gasteiger partial charge < -0.3 is 64.5 Å². The van der Waals surface area contributed by atoms with E-state index in [0.29, 0.717) is 31.9 Å². The van der Waals surface area contributed by atoms with Gasteiger partial charge in [-0.15, -0.1) is 0 Å². The Balaban J connectivity index is 1.30. The maximum Gasteiger partial charge on any atom is 0.350 e. The normalized spacial score (nSPS) is 27.4. The number of nitrogens with one attached hydrogen (secondary N) is 2. The van der Waals surface area contributed by atoms with Crippen molar-refractivity contribution in [3.05, 3.63) is 119 Å². The molecule has 3 aliphatic carbocycles. The highest BCUT2D eigenvalue weighted by atomic mass is 16.6. The predicted molar refractivity (Wildman–Crippen MR) is 278 cm³/mol. The van der Waals surface area contributed by atoms with Crippen molar-refractivity contribution in [2.75, 3.05) is 46.1 Å². The van der Waals surface area contributed by atoms with E-state index >= 15 is 9.59 Å². The summed E-state index contributed by atoms with van der Waals surface area (Å²) in [6, 6.07) is 22.6. The van der Waals surface area contributed by atoms with Crippen molar-refractivity contribution in [2.45, 2.75) is 128 Å². The summed E-state index contributed by atoms with van der Waals surface area (Å²) in [4.78, 5) is 113. The van der Waals surface area contributed by atoms with Gasteiger partial charge in [-0.2, -0.15) is 0 Å². The number of hydrogen-bond acceptors (Lipinski definition) is 18. The van der Waals surface area contributed by atoms with Crippen LogP contribution in [0.4, 0.5) is 0 Å². The van der Waals surface area contributed by atoms with E-state index in [4.69, 9.17) is 37.9 Å². The molecule has 79 heavy (non-hydrogen) atoms. The van der Waals surface area contributed by atoms with E-state index in [2.05, 4.69) is 16.4 Å².